The van der Waals surface area contributed by atoms with Crippen LogP contribution in [0.15, 0.2) is 64.8 Å². The standard InChI is InChI=1S/C26H28N8O2/c1-15(27)32-23(29-14-22(35)36)18-7-5-6-8-19(18)24-33-20-11-16(17-12-30-25(28)31-13-17)9-10-21(20)34(24)26(2,3)4/h5-13H,14H2,1-4H3,(H,35,36)(H2,27,29,32)(H2,28,30,31). The topological polar surface area (TPSA) is 158 Å². The third-order valence-corrected chi connectivity index (χ3v) is 5.39. The lowest BCUT2D eigenvalue weighted by atomic mass is 10.0. The SMILES string of the molecule is CC(N)=NC(=NCC(=O)O)c1ccccc1-c1nc2cc(-c3cnc(N)nc3)ccc2n1C(C)(C)C. The van der Waals surface area contributed by atoms with Gasteiger partial charge in [-0.25, -0.2) is 19.9 Å². The van der Waals surface area contributed by atoms with Gasteiger partial charge in [0.15, 0.2) is 5.84 Å². The molecular formula is C26H28N8O2. The summed E-state index contributed by atoms with van der Waals surface area (Å²) < 4.78 is 2.15. The molecule has 0 amide bonds. The van der Waals surface area contributed by atoms with E-state index in [0.29, 0.717) is 11.4 Å². The van der Waals surface area contributed by atoms with E-state index < -0.39 is 12.5 Å². The van der Waals surface area contributed by atoms with E-state index >= 15 is 0 Å². The van der Waals surface area contributed by atoms with Crippen molar-refractivity contribution in [3.8, 4) is 22.5 Å². The number of rotatable bonds is 5. The molecule has 4 rings (SSSR count). The zero-order chi connectivity index (χ0) is 26.0. The number of hydrogen-bond donors (Lipinski definition) is 3. The van der Waals surface area contributed by atoms with Crippen molar-refractivity contribution in [2.75, 3.05) is 12.3 Å². The van der Waals surface area contributed by atoms with Crippen LogP contribution in [0.5, 0.6) is 0 Å². The summed E-state index contributed by atoms with van der Waals surface area (Å²) in [6.45, 7) is 7.51. The second kappa shape index (κ2) is 9.57. The van der Waals surface area contributed by atoms with E-state index in [1.807, 2.05) is 42.5 Å². The smallest absolute Gasteiger partial charge is 0.325 e. The Kier molecular flexibility index (Phi) is 6.52. The van der Waals surface area contributed by atoms with E-state index in [-0.39, 0.29) is 23.2 Å². The molecule has 0 unspecified atom stereocenters. The van der Waals surface area contributed by atoms with Gasteiger partial charge in [0.25, 0.3) is 0 Å². The predicted molar refractivity (Wildman–Crippen MR) is 142 cm³/mol. The molecule has 184 valence electrons. The van der Waals surface area contributed by atoms with Crippen molar-refractivity contribution in [2.45, 2.75) is 33.2 Å². The Labute approximate surface area is 208 Å². The van der Waals surface area contributed by atoms with Gasteiger partial charge in [-0.2, -0.15) is 0 Å². The summed E-state index contributed by atoms with van der Waals surface area (Å²) in [5.41, 5.74) is 16.0. The van der Waals surface area contributed by atoms with Crippen molar-refractivity contribution in [1.29, 1.82) is 0 Å². The van der Waals surface area contributed by atoms with Gasteiger partial charge in [-0.15, -0.1) is 0 Å². The van der Waals surface area contributed by atoms with Gasteiger partial charge in [-0.1, -0.05) is 30.3 Å². The van der Waals surface area contributed by atoms with Crippen LogP contribution < -0.4 is 11.5 Å². The summed E-state index contributed by atoms with van der Waals surface area (Å²) in [4.78, 5) is 33.0. The molecule has 10 heteroatoms. The number of aromatic nitrogens is 4. The van der Waals surface area contributed by atoms with E-state index in [9.17, 15) is 9.90 Å². The van der Waals surface area contributed by atoms with Crippen molar-refractivity contribution >= 4 is 34.6 Å². The molecule has 0 bridgehead atoms. The van der Waals surface area contributed by atoms with Gasteiger partial charge in [0.1, 0.15) is 12.4 Å². The van der Waals surface area contributed by atoms with Gasteiger partial charge in [0.2, 0.25) is 5.95 Å². The number of benzene rings is 2. The van der Waals surface area contributed by atoms with E-state index in [1.165, 1.54) is 0 Å². The maximum atomic E-state index is 11.2. The van der Waals surface area contributed by atoms with E-state index in [2.05, 4.69) is 45.3 Å². The molecule has 0 aliphatic carbocycles. The number of fused-ring (bicyclic) bond motifs is 1. The van der Waals surface area contributed by atoms with Crippen LogP contribution in [0, 0.1) is 0 Å². The van der Waals surface area contributed by atoms with Crippen LogP contribution in [0.4, 0.5) is 5.95 Å². The van der Waals surface area contributed by atoms with Gasteiger partial charge in [-0.05, 0) is 45.4 Å². The highest BCUT2D eigenvalue weighted by Crippen LogP contribution is 2.35. The number of aliphatic carboxylic acids is 1. The van der Waals surface area contributed by atoms with E-state index in [1.54, 1.807) is 19.3 Å². The summed E-state index contributed by atoms with van der Waals surface area (Å²) in [6, 6.07) is 13.5. The second-order valence-corrected chi connectivity index (χ2v) is 9.31. The van der Waals surface area contributed by atoms with Crippen LogP contribution in [0.1, 0.15) is 33.3 Å². The largest absolute Gasteiger partial charge is 0.480 e. The van der Waals surface area contributed by atoms with Crippen LogP contribution in [0.3, 0.4) is 0 Å². The first-order valence-corrected chi connectivity index (χ1v) is 11.3. The van der Waals surface area contributed by atoms with Crippen molar-refractivity contribution < 1.29 is 9.90 Å². The molecular weight excluding hydrogens is 456 g/mol. The minimum absolute atomic E-state index is 0.214. The number of nitrogens with zero attached hydrogens (tertiary/aromatic N) is 6. The maximum absolute atomic E-state index is 11.2. The quantitative estimate of drug-likeness (QED) is 0.288. The van der Waals surface area contributed by atoms with Crippen molar-refractivity contribution in [1.82, 2.24) is 19.5 Å². The molecule has 0 atom stereocenters. The first kappa shape index (κ1) is 24.5. The van der Waals surface area contributed by atoms with Gasteiger partial charge in [0.05, 0.1) is 16.9 Å². The number of nitrogens with two attached hydrogens (primary N) is 2. The lowest BCUT2D eigenvalue weighted by Gasteiger charge is -2.25. The lowest BCUT2D eigenvalue weighted by Crippen LogP contribution is -2.23. The number of carboxylic acids is 1. The Morgan fingerprint density at radius 2 is 1.78 bits per heavy atom. The molecule has 0 spiro atoms. The molecule has 0 saturated carbocycles. The number of aliphatic imine (C=N–C) groups is 2. The average molecular weight is 485 g/mol. The minimum atomic E-state index is -1.06. The summed E-state index contributed by atoms with van der Waals surface area (Å²) in [5.74, 6) is 0.364. The van der Waals surface area contributed by atoms with Gasteiger partial charge in [-0.3, -0.25) is 9.79 Å². The number of imidazole rings is 1. The summed E-state index contributed by atoms with van der Waals surface area (Å²) in [7, 11) is 0. The van der Waals surface area contributed by atoms with Gasteiger partial charge in [0, 0.05) is 34.6 Å². The van der Waals surface area contributed by atoms with Crippen LogP contribution in [0.25, 0.3) is 33.5 Å². The number of carboxylic acid groups (broad SMARTS) is 1. The number of amidine groups is 2. The Hall–Kier alpha value is -4.60. The zero-order valence-electron chi connectivity index (χ0n) is 20.6. The number of carbonyl (C=O) groups is 1. The third kappa shape index (κ3) is 5.07. The molecule has 0 aliphatic rings. The average Bonchev–Trinajstić information content (AvgIpc) is 3.21. The molecule has 36 heavy (non-hydrogen) atoms. The predicted octanol–water partition coefficient (Wildman–Crippen LogP) is 3.71. The van der Waals surface area contributed by atoms with Crippen molar-refractivity contribution in [3.63, 3.8) is 0 Å². The summed E-state index contributed by atoms with van der Waals surface area (Å²) in [5, 5.41) is 9.19. The molecule has 0 saturated heterocycles. The number of anilines is 1. The highest BCUT2D eigenvalue weighted by molar-refractivity contribution is 6.10. The third-order valence-electron chi connectivity index (χ3n) is 5.39. The van der Waals surface area contributed by atoms with Crippen LogP contribution in [-0.4, -0.2) is 48.8 Å². The normalized spacial score (nSPS) is 12.8. The first-order valence-electron chi connectivity index (χ1n) is 11.3. The maximum Gasteiger partial charge on any atom is 0.325 e. The molecule has 2 heterocycles. The Bertz CT molecular complexity index is 1490. The molecule has 10 nitrogen and oxygen atoms in total. The van der Waals surface area contributed by atoms with Crippen LogP contribution >= 0.6 is 0 Å². The highest BCUT2D eigenvalue weighted by Gasteiger charge is 2.25. The monoisotopic (exact) mass is 484 g/mol. The fourth-order valence-corrected chi connectivity index (χ4v) is 3.97. The van der Waals surface area contributed by atoms with Crippen LogP contribution in [-0.2, 0) is 10.3 Å². The number of hydrogen-bond acceptors (Lipinski definition) is 6. The number of nitrogen functional groups attached to an aromatic ring is 1. The minimum Gasteiger partial charge on any atom is -0.480 e. The fraction of sp³-hybridized carbons (Fsp3) is 0.231. The van der Waals surface area contributed by atoms with Crippen molar-refractivity contribution in [3.05, 3.63) is 60.4 Å². The molecule has 5 N–H and O–H groups in total. The van der Waals surface area contributed by atoms with E-state index in [0.717, 1.165) is 27.7 Å². The molecule has 0 radical (unpaired) electrons. The molecule has 4 aromatic rings. The summed E-state index contributed by atoms with van der Waals surface area (Å²) >= 11 is 0. The van der Waals surface area contributed by atoms with E-state index in [4.69, 9.17) is 16.5 Å². The van der Waals surface area contributed by atoms with Crippen LogP contribution in [0.2, 0.25) is 0 Å². The van der Waals surface area contributed by atoms with Crippen molar-refractivity contribution in [2.24, 2.45) is 15.7 Å². The second-order valence-electron chi connectivity index (χ2n) is 9.31. The fourth-order valence-electron chi connectivity index (χ4n) is 3.97. The first-order chi connectivity index (χ1) is 17.0. The Morgan fingerprint density at radius 1 is 1.08 bits per heavy atom. The Balaban J connectivity index is 1.96. The molecule has 0 aliphatic heterocycles. The van der Waals surface area contributed by atoms with Gasteiger partial charge < -0.3 is 21.1 Å². The molecule has 2 aromatic carbocycles. The van der Waals surface area contributed by atoms with Gasteiger partial charge >= 0.3 is 5.97 Å². The summed E-state index contributed by atoms with van der Waals surface area (Å²) in [6.07, 6.45) is 3.36. The Morgan fingerprint density at radius 3 is 2.42 bits per heavy atom. The highest BCUT2D eigenvalue weighted by atomic mass is 16.4. The molecule has 0 fully saturated rings. The zero-order valence-corrected chi connectivity index (χ0v) is 20.6. The lowest BCUT2D eigenvalue weighted by molar-refractivity contribution is -0.135. The molecule has 2 aromatic heterocycles.